The van der Waals surface area contributed by atoms with Crippen molar-refractivity contribution in [1.82, 2.24) is 9.55 Å². The Hall–Kier alpha value is -1.38. The summed E-state index contributed by atoms with van der Waals surface area (Å²) in [6.45, 7) is 4.25. The summed E-state index contributed by atoms with van der Waals surface area (Å²) in [6, 6.07) is 5.13. The third-order valence-electron chi connectivity index (χ3n) is 2.60. The topological polar surface area (TPSA) is 17.8 Å². The van der Waals surface area contributed by atoms with Crippen molar-refractivity contribution in [2.45, 2.75) is 26.3 Å². The lowest BCUT2D eigenvalue weighted by Gasteiger charge is -2.11. The van der Waals surface area contributed by atoms with Gasteiger partial charge in [-0.25, -0.2) is 9.37 Å². The highest BCUT2D eigenvalue weighted by Crippen LogP contribution is 2.19. The second kappa shape index (κ2) is 3.40. The summed E-state index contributed by atoms with van der Waals surface area (Å²) in [5.74, 6) is -0.230. The van der Waals surface area contributed by atoms with Gasteiger partial charge < -0.3 is 4.57 Å². The van der Waals surface area contributed by atoms with Crippen LogP contribution in [0.5, 0.6) is 0 Å². The minimum absolute atomic E-state index is 0.230. The monoisotopic (exact) mass is 192 g/mol. The molecule has 3 heteroatoms. The van der Waals surface area contributed by atoms with Crippen molar-refractivity contribution in [3.63, 3.8) is 0 Å². The Labute approximate surface area is 82.4 Å². The van der Waals surface area contributed by atoms with Gasteiger partial charge in [-0.1, -0.05) is 6.92 Å². The van der Waals surface area contributed by atoms with Crippen molar-refractivity contribution >= 4 is 11.0 Å². The third kappa shape index (κ3) is 1.39. The van der Waals surface area contributed by atoms with Crippen LogP contribution in [0.4, 0.5) is 4.39 Å². The van der Waals surface area contributed by atoms with E-state index in [1.165, 1.54) is 12.1 Å². The van der Waals surface area contributed by atoms with E-state index in [2.05, 4.69) is 23.4 Å². The Morgan fingerprint density at radius 1 is 1.50 bits per heavy atom. The first kappa shape index (κ1) is 9.19. The molecule has 2 rings (SSSR count). The number of aromatic nitrogens is 2. The number of halogens is 1. The average Bonchev–Trinajstić information content (AvgIpc) is 2.59. The lowest BCUT2D eigenvalue weighted by atomic mass is 10.2. The molecule has 1 aromatic carbocycles. The van der Waals surface area contributed by atoms with E-state index in [4.69, 9.17) is 0 Å². The van der Waals surface area contributed by atoms with Gasteiger partial charge in [-0.2, -0.15) is 0 Å². The molecule has 0 saturated heterocycles. The highest BCUT2D eigenvalue weighted by Gasteiger charge is 2.07. The summed E-state index contributed by atoms with van der Waals surface area (Å²) in [6.07, 6.45) is 2.82. The second-order valence-corrected chi connectivity index (χ2v) is 3.54. The highest BCUT2D eigenvalue weighted by atomic mass is 19.1. The molecule has 0 aliphatic rings. The number of nitrogens with zero attached hydrogens (tertiary/aromatic N) is 2. The predicted octanol–water partition coefficient (Wildman–Crippen LogP) is 3.15. The first-order valence-electron chi connectivity index (χ1n) is 4.84. The van der Waals surface area contributed by atoms with E-state index in [1.54, 1.807) is 12.4 Å². The number of rotatable bonds is 2. The number of benzene rings is 1. The molecule has 0 aliphatic carbocycles. The standard InChI is InChI=1S/C11H13FN2/c1-3-8(2)14-7-13-10-6-9(12)4-5-11(10)14/h4-8H,3H2,1-2H3. The molecule has 2 aromatic rings. The molecule has 0 radical (unpaired) electrons. The SMILES string of the molecule is CCC(C)n1cnc2cc(F)ccc21. The van der Waals surface area contributed by atoms with Gasteiger partial charge >= 0.3 is 0 Å². The van der Waals surface area contributed by atoms with E-state index in [0.29, 0.717) is 6.04 Å². The summed E-state index contributed by atoms with van der Waals surface area (Å²) in [5, 5.41) is 0. The van der Waals surface area contributed by atoms with Gasteiger partial charge in [0.2, 0.25) is 0 Å². The molecule has 0 aliphatic heterocycles. The number of fused-ring (bicyclic) bond motifs is 1. The molecular formula is C11H13FN2. The zero-order valence-electron chi connectivity index (χ0n) is 8.37. The van der Waals surface area contributed by atoms with Crippen LogP contribution in [-0.4, -0.2) is 9.55 Å². The lowest BCUT2D eigenvalue weighted by Crippen LogP contribution is -2.01. The van der Waals surface area contributed by atoms with Gasteiger partial charge in [0.1, 0.15) is 5.82 Å². The van der Waals surface area contributed by atoms with E-state index in [9.17, 15) is 4.39 Å². The summed E-state index contributed by atoms with van der Waals surface area (Å²) in [7, 11) is 0. The fourth-order valence-electron chi connectivity index (χ4n) is 1.55. The van der Waals surface area contributed by atoms with E-state index >= 15 is 0 Å². The Bertz CT molecular complexity index is 447. The second-order valence-electron chi connectivity index (χ2n) is 3.54. The van der Waals surface area contributed by atoms with Crippen LogP contribution in [0.15, 0.2) is 24.5 Å². The van der Waals surface area contributed by atoms with Gasteiger partial charge in [-0.15, -0.1) is 0 Å². The van der Waals surface area contributed by atoms with Gasteiger partial charge in [0, 0.05) is 12.1 Å². The van der Waals surface area contributed by atoms with Crippen LogP contribution in [-0.2, 0) is 0 Å². The van der Waals surface area contributed by atoms with Crippen molar-refractivity contribution in [3.8, 4) is 0 Å². The number of imidazole rings is 1. The molecule has 0 saturated carbocycles. The van der Waals surface area contributed by atoms with Crippen LogP contribution in [0.2, 0.25) is 0 Å². The minimum Gasteiger partial charge on any atom is -0.328 e. The Morgan fingerprint density at radius 3 is 3.00 bits per heavy atom. The Morgan fingerprint density at radius 2 is 2.29 bits per heavy atom. The fourth-order valence-corrected chi connectivity index (χ4v) is 1.55. The van der Waals surface area contributed by atoms with Crippen LogP contribution in [0.1, 0.15) is 26.3 Å². The minimum atomic E-state index is -0.230. The maximum absolute atomic E-state index is 12.9. The van der Waals surface area contributed by atoms with E-state index in [1.807, 2.05) is 0 Å². The first-order valence-corrected chi connectivity index (χ1v) is 4.84. The number of hydrogen-bond donors (Lipinski definition) is 0. The predicted molar refractivity (Wildman–Crippen MR) is 54.7 cm³/mol. The maximum atomic E-state index is 12.9. The van der Waals surface area contributed by atoms with Gasteiger partial charge in [0.15, 0.2) is 0 Å². The van der Waals surface area contributed by atoms with Crippen LogP contribution in [0.3, 0.4) is 0 Å². The Kier molecular flexibility index (Phi) is 2.23. The molecule has 0 amide bonds. The smallest absolute Gasteiger partial charge is 0.125 e. The molecule has 0 N–H and O–H groups in total. The third-order valence-corrected chi connectivity index (χ3v) is 2.60. The molecule has 1 unspecified atom stereocenters. The molecule has 74 valence electrons. The largest absolute Gasteiger partial charge is 0.328 e. The van der Waals surface area contributed by atoms with Crippen LogP contribution in [0.25, 0.3) is 11.0 Å². The molecule has 1 atom stereocenters. The van der Waals surface area contributed by atoms with E-state index in [0.717, 1.165) is 17.5 Å². The van der Waals surface area contributed by atoms with Crippen molar-refractivity contribution in [3.05, 3.63) is 30.3 Å². The molecule has 0 bridgehead atoms. The summed E-state index contributed by atoms with van der Waals surface area (Å²) >= 11 is 0. The lowest BCUT2D eigenvalue weighted by molar-refractivity contribution is 0.544. The molecule has 14 heavy (non-hydrogen) atoms. The van der Waals surface area contributed by atoms with Crippen LogP contribution < -0.4 is 0 Å². The molecule has 1 heterocycles. The zero-order chi connectivity index (χ0) is 10.1. The van der Waals surface area contributed by atoms with Crippen molar-refractivity contribution in [2.75, 3.05) is 0 Å². The maximum Gasteiger partial charge on any atom is 0.125 e. The van der Waals surface area contributed by atoms with Crippen molar-refractivity contribution < 1.29 is 4.39 Å². The normalized spacial score (nSPS) is 13.4. The first-order chi connectivity index (χ1) is 6.72. The molecule has 0 spiro atoms. The number of hydrogen-bond acceptors (Lipinski definition) is 1. The quantitative estimate of drug-likeness (QED) is 0.714. The van der Waals surface area contributed by atoms with Gasteiger partial charge in [0.25, 0.3) is 0 Å². The van der Waals surface area contributed by atoms with Gasteiger partial charge in [0.05, 0.1) is 17.4 Å². The summed E-state index contributed by atoms with van der Waals surface area (Å²) in [4.78, 5) is 4.17. The van der Waals surface area contributed by atoms with Crippen LogP contribution >= 0.6 is 0 Å². The van der Waals surface area contributed by atoms with Gasteiger partial charge in [-0.05, 0) is 25.5 Å². The van der Waals surface area contributed by atoms with E-state index < -0.39 is 0 Å². The zero-order valence-corrected chi connectivity index (χ0v) is 8.37. The summed E-state index contributed by atoms with van der Waals surface area (Å²) in [5.41, 5.74) is 1.73. The van der Waals surface area contributed by atoms with Crippen molar-refractivity contribution in [2.24, 2.45) is 0 Å². The fraction of sp³-hybridized carbons (Fsp3) is 0.364. The van der Waals surface area contributed by atoms with Crippen molar-refractivity contribution in [1.29, 1.82) is 0 Å². The molecule has 1 aromatic heterocycles. The molecular weight excluding hydrogens is 179 g/mol. The Balaban J connectivity index is 2.58. The highest BCUT2D eigenvalue weighted by molar-refractivity contribution is 5.75. The average molecular weight is 192 g/mol. The molecule has 0 fully saturated rings. The summed E-state index contributed by atoms with van der Waals surface area (Å²) < 4.78 is 15.0. The van der Waals surface area contributed by atoms with E-state index in [-0.39, 0.29) is 5.82 Å². The van der Waals surface area contributed by atoms with Crippen LogP contribution in [0, 0.1) is 5.82 Å². The molecule has 2 nitrogen and oxygen atoms in total. The van der Waals surface area contributed by atoms with Gasteiger partial charge in [-0.3, -0.25) is 0 Å².